The molecule has 13 rings (SSSR count). The molecule has 0 fully saturated rings. The second kappa shape index (κ2) is 12.2. The maximum atomic E-state index is 5.04. The average Bonchev–Trinajstić information content (AvgIpc) is 3.98. The van der Waals surface area contributed by atoms with Gasteiger partial charge in [-0.3, -0.25) is 0 Å². The minimum atomic E-state index is 0.571. The summed E-state index contributed by atoms with van der Waals surface area (Å²) < 4.78 is 6.73. The van der Waals surface area contributed by atoms with Crippen LogP contribution in [0, 0.1) is 0 Å². The Bertz CT molecular complexity index is 3820. The van der Waals surface area contributed by atoms with Gasteiger partial charge in [0, 0.05) is 49.4 Å². The van der Waals surface area contributed by atoms with Crippen LogP contribution in [0.4, 0.5) is 0 Å². The Kier molecular flexibility index (Phi) is 6.63. The van der Waals surface area contributed by atoms with E-state index in [0.29, 0.717) is 11.6 Å². The Morgan fingerprint density at radius 3 is 1.78 bits per heavy atom. The minimum absolute atomic E-state index is 0.571. The van der Waals surface area contributed by atoms with Gasteiger partial charge in [0.25, 0.3) is 5.78 Å². The van der Waals surface area contributed by atoms with Gasteiger partial charge in [0.15, 0.2) is 5.82 Å². The first kappa shape index (κ1) is 32.0. The average molecular weight is 753 g/mol. The highest BCUT2D eigenvalue weighted by molar-refractivity contribution is 6.27. The van der Waals surface area contributed by atoms with Gasteiger partial charge in [0.1, 0.15) is 0 Å². The van der Waals surface area contributed by atoms with Gasteiger partial charge in [-0.1, -0.05) is 115 Å². The van der Waals surface area contributed by atoms with Crippen LogP contribution in [0.15, 0.2) is 194 Å². The van der Waals surface area contributed by atoms with Crippen molar-refractivity contribution >= 4 is 81.8 Å². The Morgan fingerprint density at radius 2 is 1.00 bits per heavy atom. The summed E-state index contributed by atoms with van der Waals surface area (Å²) in [7, 11) is 0. The molecule has 0 amide bonds. The van der Waals surface area contributed by atoms with Crippen molar-refractivity contribution in [3.05, 3.63) is 194 Å². The Labute approximate surface area is 337 Å². The monoisotopic (exact) mass is 752 g/mol. The van der Waals surface area contributed by atoms with Crippen molar-refractivity contribution < 1.29 is 0 Å². The van der Waals surface area contributed by atoms with Gasteiger partial charge in [-0.15, -0.1) is 5.10 Å². The van der Waals surface area contributed by atoms with Crippen molar-refractivity contribution in [2.75, 3.05) is 0 Å². The van der Waals surface area contributed by atoms with Gasteiger partial charge in [0.2, 0.25) is 0 Å². The molecule has 9 aromatic carbocycles. The van der Waals surface area contributed by atoms with Crippen LogP contribution in [-0.2, 0) is 0 Å². The van der Waals surface area contributed by atoms with Crippen LogP contribution in [0.25, 0.3) is 116 Å². The zero-order valence-electron chi connectivity index (χ0n) is 31.7. The molecule has 0 bridgehead atoms. The van der Waals surface area contributed by atoms with Crippen molar-refractivity contribution in [2.45, 2.75) is 0 Å². The van der Waals surface area contributed by atoms with Crippen LogP contribution >= 0.6 is 0 Å². The van der Waals surface area contributed by atoms with Gasteiger partial charge in [-0.25, -0.2) is 4.98 Å². The number of fused-ring (bicyclic) bond motifs is 12. The van der Waals surface area contributed by atoms with Crippen LogP contribution in [0.1, 0.15) is 0 Å². The minimum Gasteiger partial charge on any atom is -0.309 e. The van der Waals surface area contributed by atoms with Gasteiger partial charge < -0.3 is 9.13 Å². The highest BCUT2D eigenvalue weighted by Crippen LogP contribution is 2.43. The third-order valence-corrected chi connectivity index (χ3v) is 12.0. The van der Waals surface area contributed by atoms with E-state index in [2.05, 4.69) is 173 Å². The zero-order chi connectivity index (χ0) is 38.6. The lowest BCUT2D eigenvalue weighted by Crippen LogP contribution is -1.97. The zero-order valence-corrected chi connectivity index (χ0v) is 31.7. The lowest BCUT2D eigenvalue weighted by Gasteiger charge is -2.10. The van der Waals surface area contributed by atoms with Crippen LogP contribution in [-0.4, -0.2) is 28.7 Å². The second-order valence-electron chi connectivity index (χ2n) is 15.3. The van der Waals surface area contributed by atoms with Gasteiger partial charge in [-0.05, 0) is 100 Å². The van der Waals surface area contributed by atoms with E-state index in [4.69, 9.17) is 15.1 Å². The SMILES string of the molecule is c1ccc(-c2nc3nc(-c4ccc(-n5c6ccccc6c6ccc7c(c8cc9cc%10ccccc%10cc9cc8n7-c7ccccc7)c65)cc4)nn3c3ccccc23)cc1. The molecule has 0 aliphatic heterocycles. The fourth-order valence-corrected chi connectivity index (χ4v) is 9.37. The molecule has 59 heavy (non-hydrogen) atoms. The molecule has 0 spiro atoms. The molecule has 0 aliphatic carbocycles. The number of nitrogens with zero attached hydrogens (tertiary/aromatic N) is 6. The molecule has 6 heteroatoms. The predicted molar refractivity (Wildman–Crippen MR) is 243 cm³/mol. The number of hydrogen-bond donors (Lipinski definition) is 0. The summed E-state index contributed by atoms with van der Waals surface area (Å²) in [6.45, 7) is 0. The van der Waals surface area contributed by atoms with E-state index < -0.39 is 0 Å². The molecular formula is C53H32N6. The van der Waals surface area contributed by atoms with Crippen LogP contribution in [0.3, 0.4) is 0 Å². The van der Waals surface area contributed by atoms with E-state index in [1.54, 1.807) is 0 Å². The van der Waals surface area contributed by atoms with Crippen molar-refractivity contribution in [1.82, 2.24) is 28.7 Å². The maximum Gasteiger partial charge on any atom is 0.253 e. The van der Waals surface area contributed by atoms with E-state index >= 15 is 0 Å². The largest absolute Gasteiger partial charge is 0.309 e. The molecule has 4 heterocycles. The standard InChI is InChI=1S/C53H32N6/c1-3-13-33(14-4-1)50-43-20-10-12-22-46(43)59-53(54-50)55-52(56-59)34-23-25-40(26-24-34)58-45-21-11-9-19-41(45)42-27-28-47-49(51(42)58)44-31-37-29-35-15-7-8-16-36(35)30-38(37)32-48(44)57(47)39-17-5-2-6-18-39/h1-32H. The summed E-state index contributed by atoms with van der Waals surface area (Å²) in [4.78, 5) is 10.0. The Hall–Kier alpha value is -8.09. The van der Waals surface area contributed by atoms with Gasteiger partial charge >= 0.3 is 0 Å². The first-order valence-corrected chi connectivity index (χ1v) is 20.0. The molecule has 0 aliphatic rings. The highest BCUT2D eigenvalue weighted by atomic mass is 15.3. The van der Waals surface area contributed by atoms with E-state index in [1.807, 2.05) is 34.8 Å². The number of hydrogen-bond acceptors (Lipinski definition) is 3. The van der Waals surface area contributed by atoms with E-state index in [-0.39, 0.29) is 0 Å². The molecule has 274 valence electrons. The quantitative estimate of drug-likeness (QED) is 0.168. The summed E-state index contributed by atoms with van der Waals surface area (Å²) >= 11 is 0. The third-order valence-electron chi connectivity index (χ3n) is 12.0. The molecular weight excluding hydrogens is 721 g/mol. The van der Waals surface area contributed by atoms with Crippen molar-refractivity contribution in [3.8, 4) is 34.0 Å². The van der Waals surface area contributed by atoms with E-state index in [9.17, 15) is 0 Å². The number of aromatic nitrogens is 6. The third kappa shape index (κ3) is 4.71. The van der Waals surface area contributed by atoms with Crippen molar-refractivity contribution in [1.29, 1.82) is 0 Å². The smallest absolute Gasteiger partial charge is 0.253 e. The summed E-state index contributed by atoms with van der Waals surface area (Å²) in [5, 5.41) is 15.9. The first-order valence-electron chi connectivity index (χ1n) is 20.0. The molecule has 0 saturated carbocycles. The number of para-hydroxylation sites is 3. The van der Waals surface area contributed by atoms with Crippen molar-refractivity contribution in [2.24, 2.45) is 0 Å². The number of benzene rings is 9. The fraction of sp³-hybridized carbons (Fsp3) is 0. The first-order chi connectivity index (χ1) is 29.2. The molecule has 6 nitrogen and oxygen atoms in total. The molecule has 0 radical (unpaired) electrons. The lowest BCUT2D eigenvalue weighted by molar-refractivity contribution is 0.988. The normalized spacial score (nSPS) is 12.1. The maximum absolute atomic E-state index is 5.04. The van der Waals surface area contributed by atoms with E-state index in [0.717, 1.165) is 44.6 Å². The van der Waals surface area contributed by atoms with Crippen molar-refractivity contribution in [3.63, 3.8) is 0 Å². The summed E-state index contributed by atoms with van der Waals surface area (Å²) in [5.74, 6) is 1.20. The predicted octanol–water partition coefficient (Wildman–Crippen LogP) is 13.1. The molecule has 13 aromatic rings. The Morgan fingerprint density at radius 1 is 0.356 bits per heavy atom. The Balaban J connectivity index is 1.05. The van der Waals surface area contributed by atoms with Gasteiger partial charge in [0.05, 0.1) is 33.3 Å². The lowest BCUT2D eigenvalue weighted by atomic mass is 10.0. The summed E-state index contributed by atoms with van der Waals surface area (Å²) in [6, 6.07) is 69.4. The van der Waals surface area contributed by atoms with Crippen LogP contribution in [0.5, 0.6) is 0 Å². The van der Waals surface area contributed by atoms with E-state index in [1.165, 1.54) is 59.6 Å². The topological polar surface area (TPSA) is 52.9 Å². The molecule has 0 atom stereocenters. The molecule has 0 saturated heterocycles. The molecule has 0 unspecified atom stereocenters. The summed E-state index contributed by atoms with van der Waals surface area (Å²) in [5.41, 5.74) is 10.7. The molecule has 0 N–H and O–H groups in total. The highest BCUT2D eigenvalue weighted by Gasteiger charge is 2.22. The number of rotatable bonds is 4. The fourth-order valence-electron chi connectivity index (χ4n) is 9.37. The summed E-state index contributed by atoms with van der Waals surface area (Å²) in [6.07, 6.45) is 0. The van der Waals surface area contributed by atoms with Gasteiger partial charge in [-0.2, -0.15) is 9.50 Å². The van der Waals surface area contributed by atoms with Crippen LogP contribution < -0.4 is 0 Å². The molecule has 4 aromatic heterocycles. The van der Waals surface area contributed by atoms with Crippen LogP contribution in [0.2, 0.25) is 0 Å². The second-order valence-corrected chi connectivity index (χ2v) is 15.3.